The van der Waals surface area contributed by atoms with Crippen molar-refractivity contribution in [2.75, 3.05) is 0 Å². The van der Waals surface area contributed by atoms with Gasteiger partial charge in [0.05, 0.1) is 17.6 Å². The van der Waals surface area contributed by atoms with Gasteiger partial charge < -0.3 is 5.11 Å². The first kappa shape index (κ1) is 15.0. The number of rotatable bonds is 4. The Bertz CT molecular complexity index is 486. The van der Waals surface area contributed by atoms with Crippen molar-refractivity contribution in [2.45, 2.75) is 51.6 Å². The van der Waals surface area contributed by atoms with Gasteiger partial charge in [0.2, 0.25) is 0 Å². The van der Waals surface area contributed by atoms with Crippen molar-refractivity contribution in [3.05, 3.63) is 35.6 Å². The number of halogens is 1. The third kappa shape index (κ3) is 3.02. The van der Waals surface area contributed by atoms with Gasteiger partial charge in [0.15, 0.2) is 0 Å². The predicted octanol–water partition coefficient (Wildman–Crippen LogP) is 4.36. The summed E-state index contributed by atoms with van der Waals surface area (Å²) in [5.74, 6) is 0.301. The lowest BCUT2D eigenvalue weighted by Gasteiger charge is -2.38. The molecule has 1 aromatic rings. The first-order chi connectivity index (χ1) is 9.61. The molecule has 1 fully saturated rings. The Morgan fingerprint density at radius 3 is 2.70 bits per heavy atom. The maximum absolute atomic E-state index is 13.3. The standard InChI is InChI=1S/C17H22FNO/c1-2-4-13-7-9-17(12-19,10-8-13)16(20)14-5-3-6-15(18)11-14/h3,5-6,11,13,16,20H,2,4,7-10H2,1H3. The Balaban J connectivity index is 2.14. The lowest BCUT2D eigenvalue weighted by molar-refractivity contribution is 0.0235. The van der Waals surface area contributed by atoms with E-state index in [0.717, 1.165) is 19.3 Å². The second-order valence-electron chi connectivity index (χ2n) is 5.96. The van der Waals surface area contributed by atoms with Crippen LogP contribution in [-0.2, 0) is 0 Å². The molecule has 1 aliphatic rings. The number of hydrogen-bond donors (Lipinski definition) is 1. The number of nitriles is 1. The average molecular weight is 275 g/mol. The van der Waals surface area contributed by atoms with Crippen molar-refractivity contribution in [1.82, 2.24) is 0 Å². The quantitative estimate of drug-likeness (QED) is 0.887. The van der Waals surface area contributed by atoms with Gasteiger partial charge in [-0.25, -0.2) is 4.39 Å². The van der Waals surface area contributed by atoms with Crippen LogP contribution in [0.1, 0.15) is 57.1 Å². The summed E-state index contributed by atoms with van der Waals surface area (Å²) in [6.07, 6.45) is 4.82. The van der Waals surface area contributed by atoms with Gasteiger partial charge in [0, 0.05) is 0 Å². The van der Waals surface area contributed by atoms with Crippen LogP contribution in [0.25, 0.3) is 0 Å². The molecule has 2 nitrogen and oxygen atoms in total. The lowest BCUT2D eigenvalue weighted by Crippen LogP contribution is -2.32. The van der Waals surface area contributed by atoms with Gasteiger partial charge >= 0.3 is 0 Å². The summed E-state index contributed by atoms with van der Waals surface area (Å²) in [5.41, 5.74) is -0.238. The van der Waals surface area contributed by atoms with Gasteiger partial charge in [0.25, 0.3) is 0 Å². The molecule has 1 saturated carbocycles. The lowest BCUT2D eigenvalue weighted by atomic mass is 9.66. The van der Waals surface area contributed by atoms with E-state index >= 15 is 0 Å². The summed E-state index contributed by atoms with van der Waals surface area (Å²) in [6, 6.07) is 8.30. The first-order valence-electron chi connectivity index (χ1n) is 7.46. The Labute approximate surface area is 120 Å². The van der Waals surface area contributed by atoms with E-state index in [4.69, 9.17) is 0 Å². The Hall–Kier alpha value is -1.40. The number of benzene rings is 1. The fraction of sp³-hybridized carbons (Fsp3) is 0.588. The van der Waals surface area contributed by atoms with Gasteiger partial charge in [-0.2, -0.15) is 5.26 Å². The van der Waals surface area contributed by atoms with Crippen molar-refractivity contribution in [3.8, 4) is 6.07 Å². The Morgan fingerprint density at radius 1 is 1.45 bits per heavy atom. The van der Waals surface area contributed by atoms with Crippen LogP contribution in [0.3, 0.4) is 0 Å². The van der Waals surface area contributed by atoms with Gasteiger partial charge in [-0.05, 0) is 49.3 Å². The van der Waals surface area contributed by atoms with Crippen LogP contribution in [0.2, 0.25) is 0 Å². The number of nitrogens with zero attached hydrogens (tertiary/aromatic N) is 1. The van der Waals surface area contributed by atoms with Crippen molar-refractivity contribution >= 4 is 0 Å². The van der Waals surface area contributed by atoms with E-state index in [0.29, 0.717) is 24.3 Å². The van der Waals surface area contributed by atoms with Gasteiger partial charge in [-0.15, -0.1) is 0 Å². The molecule has 0 aromatic heterocycles. The highest BCUT2D eigenvalue weighted by Gasteiger charge is 2.42. The highest BCUT2D eigenvalue weighted by Crippen LogP contribution is 2.47. The molecule has 0 amide bonds. The van der Waals surface area contributed by atoms with Crippen molar-refractivity contribution in [2.24, 2.45) is 11.3 Å². The molecule has 108 valence electrons. The van der Waals surface area contributed by atoms with Crippen LogP contribution in [0.15, 0.2) is 24.3 Å². The smallest absolute Gasteiger partial charge is 0.123 e. The monoisotopic (exact) mass is 275 g/mol. The van der Waals surface area contributed by atoms with Gasteiger partial charge in [0.1, 0.15) is 5.82 Å². The van der Waals surface area contributed by atoms with Crippen LogP contribution in [0.5, 0.6) is 0 Å². The molecule has 1 unspecified atom stereocenters. The van der Waals surface area contributed by atoms with Crippen molar-refractivity contribution in [1.29, 1.82) is 5.26 Å². The molecule has 0 saturated heterocycles. The van der Waals surface area contributed by atoms with Crippen molar-refractivity contribution in [3.63, 3.8) is 0 Å². The number of aliphatic hydroxyl groups is 1. The molecule has 0 spiro atoms. The predicted molar refractivity (Wildman–Crippen MR) is 76.3 cm³/mol. The zero-order valence-electron chi connectivity index (χ0n) is 12.0. The van der Waals surface area contributed by atoms with Crippen LogP contribution in [-0.4, -0.2) is 5.11 Å². The molecule has 0 radical (unpaired) electrons. The summed E-state index contributed by atoms with van der Waals surface area (Å²) in [5, 5.41) is 20.1. The number of aliphatic hydroxyl groups excluding tert-OH is 1. The molecular weight excluding hydrogens is 253 g/mol. The molecule has 1 aliphatic carbocycles. The van der Waals surface area contributed by atoms with E-state index in [-0.39, 0.29) is 5.82 Å². The van der Waals surface area contributed by atoms with Crippen LogP contribution < -0.4 is 0 Å². The van der Waals surface area contributed by atoms with Crippen LogP contribution in [0, 0.1) is 28.5 Å². The first-order valence-corrected chi connectivity index (χ1v) is 7.46. The van der Waals surface area contributed by atoms with E-state index in [1.165, 1.54) is 18.6 Å². The minimum atomic E-state index is -0.897. The molecule has 1 aromatic carbocycles. The third-order valence-electron chi connectivity index (χ3n) is 4.60. The fourth-order valence-corrected chi connectivity index (χ4v) is 3.33. The zero-order chi connectivity index (χ0) is 14.6. The van der Waals surface area contributed by atoms with E-state index in [2.05, 4.69) is 13.0 Å². The summed E-state index contributed by atoms with van der Waals surface area (Å²) >= 11 is 0. The average Bonchev–Trinajstić information content (AvgIpc) is 2.48. The summed E-state index contributed by atoms with van der Waals surface area (Å²) < 4.78 is 13.3. The van der Waals surface area contributed by atoms with E-state index < -0.39 is 11.5 Å². The number of hydrogen-bond acceptors (Lipinski definition) is 2. The molecule has 2 rings (SSSR count). The van der Waals surface area contributed by atoms with E-state index in [9.17, 15) is 14.8 Å². The third-order valence-corrected chi connectivity index (χ3v) is 4.60. The maximum Gasteiger partial charge on any atom is 0.123 e. The molecule has 20 heavy (non-hydrogen) atoms. The topological polar surface area (TPSA) is 44.0 Å². The van der Waals surface area contributed by atoms with Crippen LogP contribution in [0.4, 0.5) is 4.39 Å². The van der Waals surface area contributed by atoms with E-state index in [1.54, 1.807) is 12.1 Å². The van der Waals surface area contributed by atoms with Crippen LogP contribution >= 0.6 is 0 Å². The van der Waals surface area contributed by atoms with Gasteiger partial charge in [-0.3, -0.25) is 0 Å². The summed E-state index contributed by atoms with van der Waals surface area (Å²) in [6.45, 7) is 2.17. The SMILES string of the molecule is CCCC1CCC(C#N)(C(O)c2cccc(F)c2)CC1. The highest BCUT2D eigenvalue weighted by atomic mass is 19.1. The molecule has 1 N–H and O–H groups in total. The maximum atomic E-state index is 13.3. The summed E-state index contributed by atoms with van der Waals surface area (Å²) in [4.78, 5) is 0. The second-order valence-corrected chi connectivity index (χ2v) is 5.96. The minimum Gasteiger partial charge on any atom is -0.387 e. The second kappa shape index (κ2) is 6.37. The molecule has 1 atom stereocenters. The molecule has 0 aliphatic heterocycles. The molecule has 0 heterocycles. The zero-order valence-corrected chi connectivity index (χ0v) is 12.0. The molecule has 3 heteroatoms. The summed E-state index contributed by atoms with van der Waals surface area (Å²) in [7, 11) is 0. The minimum absolute atomic E-state index is 0.366. The van der Waals surface area contributed by atoms with Gasteiger partial charge in [-0.1, -0.05) is 31.9 Å². The van der Waals surface area contributed by atoms with E-state index in [1.807, 2.05) is 0 Å². The van der Waals surface area contributed by atoms with Crippen molar-refractivity contribution < 1.29 is 9.50 Å². The largest absolute Gasteiger partial charge is 0.387 e. The Kier molecular flexibility index (Phi) is 4.77. The highest BCUT2D eigenvalue weighted by molar-refractivity contribution is 5.24. The fourth-order valence-electron chi connectivity index (χ4n) is 3.33. The molecular formula is C17H22FNO. The normalized spacial score (nSPS) is 27.8. The molecule has 0 bridgehead atoms. The Morgan fingerprint density at radius 2 is 2.15 bits per heavy atom.